The molecular weight excluding hydrogens is 824 g/mol. The predicted octanol–water partition coefficient (Wildman–Crippen LogP) is 3.39. The maximum atomic E-state index is 12.3. The van der Waals surface area contributed by atoms with Crippen LogP contribution in [0, 0.1) is 0 Å². The number of nitrogens with zero attached hydrogens (tertiary/aromatic N) is 10. The van der Waals surface area contributed by atoms with Crippen LogP contribution in [-0.2, 0) is 19.0 Å². The molecule has 0 unspecified atom stereocenters. The van der Waals surface area contributed by atoms with Gasteiger partial charge in [-0.3, -0.25) is 33.5 Å². The van der Waals surface area contributed by atoms with Crippen molar-refractivity contribution in [2.75, 3.05) is 28.2 Å². The molecular formula is C32H48Br2N12O7. The van der Waals surface area contributed by atoms with Crippen molar-refractivity contribution >= 4 is 84.7 Å². The van der Waals surface area contributed by atoms with Crippen molar-refractivity contribution in [1.82, 2.24) is 48.8 Å². The number of aromatic nitrogens is 8. The normalized spacial score (nSPS) is 25.3. The van der Waals surface area contributed by atoms with Crippen molar-refractivity contribution in [3.05, 3.63) is 33.4 Å². The molecule has 2 aliphatic rings. The topological polar surface area (TPSA) is 223 Å². The van der Waals surface area contributed by atoms with E-state index >= 15 is 0 Å². The number of aromatic amines is 2. The van der Waals surface area contributed by atoms with Gasteiger partial charge in [0.15, 0.2) is 40.9 Å². The molecule has 6 heterocycles. The second-order valence-corrected chi connectivity index (χ2v) is 14.4. The van der Waals surface area contributed by atoms with Crippen LogP contribution in [0.2, 0.25) is 0 Å². The van der Waals surface area contributed by atoms with Gasteiger partial charge in [-0.15, -0.1) is 0 Å². The minimum Gasteiger partial charge on any atom is -0.456 e. The van der Waals surface area contributed by atoms with Crippen LogP contribution in [0.1, 0.15) is 60.9 Å². The first-order valence-corrected chi connectivity index (χ1v) is 17.9. The van der Waals surface area contributed by atoms with Gasteiger partial charge in [0, 0.05) is 35.1 Å². The van der Waals surface area contributed by atoms with Crippen LogP contribution in [-0.4, -0.2) is 135 Å². The molecule has 0 aromatic carbocycles. The molecule has 21 heteroatoms. The Bertz CT molecular complexity index is 2030. The van der Waals surface area contributed by atoms with E-state index < -0.39 is 36.2 Å². The molecule has 292 valence electrons. The number of rotatable bonds is 9. The number of imidazole rings is 2. The Morgan fingerprint density at radius 1 is 0.868 bits per heavy atom. The third-order valence-corrected chi connectivity index (χ3v) is 10.1. The van der Waals surface area contributed by atoms with E-state index in [1.165, 1.54) is 32.3 Å². The second-order valence-electron chi connectivity index (χ2n) is 12.2. The molecule has 2 saturated heterocycles. The van der Waals surface area contributed by atoms with Gasteiger partial charge in [0.25, 0.3) is 11.1 Å². The number of esters is 1. The van der Waals surface area contributed by atoms with Crippen LogP contribution in [0.15, 0.2) is 32.2 Å². The fourth-order valence-electron chi connectivity index (χ4n) is 5.49. The average Bonchev–Trinajstić information content (AvgIpc) is 3.84. The van der Waals surface area contributed by atoms with Gasteiger partial charge in [-0.1, -0.05) is 60.6 Å². The summed E-state index contributed by atoms with van der Waals surface area (Å²) in [5.41, 5.74) is 0.179. The maximum Gasteiger partial charge on any atom is 0.303 e. The van der Waals surface area contributed by atoms with Crippen LogP contribution < -0.4 is 11.1 Å². The van der Waals surface area contributed by atoms with Crippen LogP contribution in [0.3, 0.4) is 0 Å². The number of nitrogens with one attached hydrogen (secondary N) is 2. The molecule has 0 amide bonds. The SMILES string of the molecule is C.C.CC[C@H]1O[C@@H](n2cnc3c(=O)[nH]c(N=CN(C)C)nc32)[C@H](O)[C@H]1Br.CC[C@H]1O[C@@H](n2cnc3c(=O)[nH]c(N=CN(C)C)nc32)[C@H](OC(C)=O)[C@H]1Br. The van der Waals surface area contributed by atoms with Crippen molar-refractivity contribution in [3.8, 4) is 0 Å². The zero-order valence-corrected chi connectivity index (χ0v) is 32.1. The van der Waals surface area contributed by atoms with Gasteiger partial charge in [-0.25, -0.2) is 20.0 Å². The van der Waals surface area contributed by atoms with Gasteiger partial charge in [-0.2, -0.15) is 9.97 Å². The Balaban J connectivity index is 0.000000277. The molecule has 3 N–H and O–H groups in total. The molecule has 8 atom stereocenters. The van der Waals surface area contributed by atoms with Gasteiger partial charge in [-0.05, 0) is 12.8 Å². The standard InChI is InChI=1S/C16H21BrN6O4.C14H19BrN6O3.2CH4/c1-5-9-10(17)12(26-8(2)24)15(27-9)23-7-18-11-13(23)20-16(21-14(11)25)19-6-22(3)4;1-4-7-8(15)10(22)13(24-7)21-6-16-9-11(21)18-14(19-12(9)23)17-5-20(2)3;;/h6-7,9-10,12,15H,5H2,1-4H3,(H,20,21,25);5-8,10,13,22H,4H2,1-3H3,(H,18,19,23);2*1H4/t9-,10+,12-,15-;7-,8+,10-,13-;;/m11../s1. The monoisotopic (exact) mass is 870 g/mol. The smallest absolute Gasteiger partial charge is 0.303 e. The molecule has 0 radical (unpaired) electrons. The first-order valence-electron chi connectivity index (χ1n) is 16.0. The second kappa shape index (κ2) is 18.3. The van der Waals surface area contributed by atoms with Crippen LogP contribution in [0.4, 0.5) is 11.9 Å². The summed E-state index contributed by atoms with van der Waals surface area (Å²) >= 11 is 7.03. The fraction of sp³-hybridized carbons (Fsp3) is 0.594. The number of carbonyl (C=O) groups excluding carboxylic acids is 1. The van der Waals surface area contributed by atoms with E-state index in [0.29, 0.717) is 11.3 Å². The molecule has 53 heavy (non-hydrogen) atoms. The third kappa shape index (κ3) is 9.37. The Morgan fingerprint density at radius 2 is 1.30 bits per heavy atom. The predicted molar refractivity (Wildman–Crippen MR) is 209 cm³/mol. The molecule has 2 aliphatic heterocycles. The Hall–Kier alpha value is -4.05. The number of aliphatic imine (C=N–C) groups is 2. The first-order chi connectivity index (χ1) is 24.2. The lowest BCUT2D eigenvalue weighted by molar-refractivity contribution is -0.151. The van der Waals surface area contributed by atoms with E-state index in [9.17, 15) is 19.5 Å². The Kier molecular flexibility index (Phi) is 15.0. The third-order valence-electron chi connectivity index (χ3n) is 7.87. The molecule has 2 fully saturated rings. The number of H-pyrrole nitrogens is 2. The van der Waals surface area contributed by atoms with E-state index in [4.69, 9.17) is 14.2 Å². The number of halogens is 2. The van der Waals surface area contributed by atoms with E-state index in [1.807, 2.05) is 42.0 Å². The molecule has 0 aliphatic carbocycles. The van der Waals surface area contributed by atoms with Gasteiger partial charge in [0.05, 0.1) is 47.2 Å². The molecule has 19 nitrogen and oxygen atoms in total. The van der Waals surface area contributed by atoms with E-state index in [0.717, 1.165) is 12.8 Å². The lowest BCUT2D eigenvalue weighted by Crippen LogP contribution is -2.31. The van der Waals surface area contributed by atoms with Crippen molar-refractivity contribution < 1.29 is 24.1 Å². The van der Waals surface area contributed by atoms with Gasteiger partial charge >= 0.3 is 5.97 Å². The van der Waals surface area contributed by atoms with Gasteiger partial charge in [0.1, 0.15) is 6.10 Å². The molecule has 0 saturated carbocycles. The summed E-state index contributed by atoms with van der Waals surface area (Å²) in [6.07, 6.45) is 4.49. The van der Waals surface area contributed by atoms with Crippen LogP contribution in [0.25, 0.3) is 22.3 Å². The van der Waals surface area contributed by atoms with Gasteiger partial charge < -0.3 is 29.1 Å². The number of fused-ring (bicyclic) bond motifs is 2. The van der Waals surface area contributed by atoms with E-state index in [-0.39, 0.29) is 65.2 Å². The van der Waals surface area contributed by atoms with Crippen molar-refractivity contribution in [2.45, 2.75) is 95.0 Å². The quantitative estimate of drug-likeness (QED) is 0.0951. The summed E-state index contributed by atoms with van der Waals surface area (Å²) in [4.78, 5) is 69.5. The highest BCUT2D eigenvalue weighted by atomic mass is 79.9. The molecule has 6 rings (SSSR count). The maximum absolute atomic E-state index is 12.3. The number of alkyl halides is 2. The molecule has 0 bridgehead atoms. The summed E-state index contributed by atoms with van der Waals surface area (Å²) in [5.74, 6) is -0.105. The summed E-state index contributed by atoms with van der Waals surface area (Å²) in [6.45, 7) is 5.31. The van der Waals surface area contributed by atoms with E-state index in [2.05, 4.69) is 71.7 Å². The van der Waals surface area contributed by atoms with Crippen molar-refractivity contribution in [1.29, 1.82) is 0 Å². The minimum absolute atomic E-state index is 0. The number of hydrogen-bond acceptors (Lipinski definition) is 13. The van der Waals surface area contributed by atoms with Crippen LogP contribution >= 0.6 is 31.9 Å². The van der Waals surface area contributed by atoms with Crippen LogP contribution in [0.5, 0.6) is 0 Å². The lowest BCUT2D eigenvalue weighted by atomic mass is 10.1. The lowest BCUT2D eigenvalue weighted by Gasteiger charge is -2.21. The highest BCUT2D eigenvalue weighted by Crippen LogP contribution is 2.39. The molecule has 4 aromatic heterocycles. The highest BCUT2D eigenvalue weighted by molar-refractivity contribution is 9.09. The van der Waals surface area contributed by atoms with E-state index in [1.54, 1.807) is 18.9 Å². The summed E-state index contributed by atoms with van der Waals surface area (Å²) < 4.78 is 20.6. The first kappa shape index (κ1) is 43.4. The molecule has 4 aromatic rings. The number of hydrogen-bond donors (Lipinski definition) is 3. The highest BCUT2D eigenvalue weighted by Gasteiger charge is 2.46. The number of aliphatic hydroxyl groups is 1. The fourth-order valence-corrected chi connectivity index (χ4v) is 7.11. The minimum atomic E-state index is -0.776. The summed E-state index contributed by atoms with van der Waals surface area (Å²) in [5, 5.41) is 10.4. The Labute approximate surface area is 323 Å². The Morgan fingerprint density at radius 3 is 1.72 bits per heavy atom. The molecule has 0 spiro atoms. The van der Waals surface area contributed by atoms with Crippen molar-refractivity contribution in [2.24, 2.45) is 9.98 Å². The number of ether oxygens (including phenoxy) is 3. The van der Waals surface area contributed by atoms with Crippen molar-refractivity contribution in [3.63, 3.8) is 0 Å². The average molecular weight is 873 g/mol. The zero-order chi connectivity index (χ0) is 37.1. The number of carbonyl (C=O) groups is 1. The summed E-state index contributed by atoms with van der Waals surface area (Å²) in [6, 6.07) is 0. The zero-order valence-electron chi connectivity index (χ0n) is 29.0. The van der Waals surface area contributed by atoms with Gasteiger partial charge in [0.2, 0.25) is 11.9 Å². The largest absolute Gasteiger partial charge is 0.456 e. The summed E-state index contributed by atoms with van der Waals surface area (Å²) in [7, 11) is 7.24. The number of aliphatic hydroxyl groups excluding tert-OH is 1.